The van der Waals surface area contributed by atoms with Crippen molar-refractivity contribution in [3.63, 3.8) is 0 Å². The molecule has 3 heteroatoms. The second kappa shape index (κ2) is 4.59. The van der Waals surface area contributed by atoms with E-state index in [-0.39, 0.29) is 0 Å². The third kappa shape index (κ3) is 2.98. The smallest absolute Gasteiger partial charge is 0.0638 e. The van der Waals surface area contributed by atoms with Crippen LogP contribution >= 0.6 is 0 Å². The van der Waals surface area contributed by atoms with Crippen LogP contribution in [0.5, 0.6) is 0 Å². The quantitative estimate of drug-likeness (QED) is 0.690. The normalized spacial score (nSPS) is 32.5. The van der Waals surface area contributed by atoms with Gasteiger partial charge in [-0.25, -0.2) is 0 Å². The van der Waals surface area contributed by atoms with Crippen molar-refractivity contribution in [2.24, 2.45) is 11.7 Å². The maximum absolute atomic E-state index is 8.59. The molecular weight excluding hydrogens is 162 g/mol. The summed E-state index contributed by atoms with van der Waals surface area (Å²) in [6.45, 7) is 6.38. The van der Waals surface area contributed by atoms with E-state index in [4.69, 9.17) is 11.0 Å². The first-order valence-corrected chi connectivity index (χ1v) is 5.00. The largest absolute Gasteiger partial charge is 0.327 e. The van der Waals surface area contributed by atoms with E-state index in [0.717, 1.165) is 19.5 Å². The monoisotopic (exact) mass is 181 g/mol. The molecule has 0 amide bonds. The minimum Gasteiger partial charge on any atom is -0.327 e. The van der Waals surface area contributed by atoms with Crippen LogP contribution in [-0.4, -0.2) is 30.1 Å². The minimum atomic E-state index is 0.296. The number of rotatable bonds is 2. The zero-order chi connectivity index (χ0) is 9.84. The van der Waals surface area contributed by atoms with Gasteiger partial charge in [-0.1, -0.05) is 6.92 Å². The fraction of sp³-hybridized carbons (Fsp3) is 0.900. The first kappa shape index (κ1) is 10.5. The van der Waals surface area contributed by atoms with E-state index in [0.29, 0.717) is 24.4 Å². The Balaban J connectivity index is 2.45. The van der Waals surface area contributed by atoms with Crippen molar-refractivity contribution in [2.45, 2.75) is 38.8 Å². The fourth-order valence-corrected chi connectivity index (χ4v) is 2.06. The molecule has 0 aliphatic carbocycles. The lowest BCUT2D eigenvalue weighted by atomic mass is 9.95. The van der Waals surface area contributed by atoms with Gasteiger partial charge in [-0.15, -0.1) is 0 Å². The second-order valence-electron chi connectivity index (χ2n) is 4.27. The predicted molar refractivity (Wildman–Crippen MR) is 53.0 cm³/mol. The average Bonchev–Trinajstić information content (AvgIpc) is 2.03. The molecule has 1 aliphatic rings. The first-order chi connectivity index (χ1) is 6.13. The Morgan fingerprint density at radius 1 is 1.62 bits per heavy atom. The number of hydrogen-bond donors (Lipinski definition) is 1. The van der Waals surface area contributed by atoms with Gasteiger partial charge in [0.2, 0.25) is 0 Å². The first-order valence-electron chi connectivity index (χ1n) is 5.00. The molecule has 0 aromatic rings. The highest BCUT2D eigenvalue weighted by Crippen LogP contribution is 2.18. The lowest BCUT2D eigenvalue weighted by Gasteiger charge is -2.37. The van der Waals surface area contributed by atoms with Gasteiger partial charge < -0.3 is 5.73 Å². The lowest BCUT2D eigenvalue weighted by Crippen LogP contribution is -2.49. The van der Waals surface area contributed by atoms with Gasteiger partial charge in [0.05, 0.1) is 12.5 Å². The molecule has 0 radical (unpaired) electrons. The van der Waals surface area contributed by atoms with Gasteiger partial charge >= 0.3 is 0 Å². The number of hydrogen-bond acceptors (Lipinski definition) is 3. The number of likely N-dealkylation sites (tertiary alicyclic amines) is 1. The Bertz CT molecular complexity index is 187. The summed E-state index contributed by atoms with van der Waals surface area (Å²) in [5.41, 5.74) is 5.92. The molecule has 0 aromatic heterocycles. The summed E-state index contributed by atoms with van der Waals surface area (Å²) in [7, 11) is 0. The van der Waals surface area contributed by atoms with Crippen molar-refractivity contribution in [3.8, 4) is 6.07 Å². The van der Waals surface area contributed by atoms with Crippen molar-refractivity contribution in [1.82, 2.24) is 4.90 Å². The standard InChI is InChI=1S/C10H19N3/c1-8-5-10(12)7-13(6-8)9(2)3-4-11/h8-10H,3,5-7,12H2,1-2H3. The molecule has 3 atom stereocenters. The topological polar surface area (TPSA) is 53.0 Å². The molecule has 0 bridgehead atoms. The van der Waals surface area contributed by atoms with Crippen LogP contribution in [0.3, 0.4) is 0 Å². The van der Waals surface area contributed by atoms with E-state index in [1.165, 1.54) is 0 Å². The molecule has 74 valence electrons. The van der Waals surface area contributed by atoms with Gasteiger partial charge in [0, 0.05) is 25.2 Å². The average molecular weight is 181 g/mol. The van der Waals surface area contributed by atoms with E-state index >= 15 is 0 Å². The van der Waals surface area contributed by atoms with Crippen LogP contribution in [0.2, 0.25) is 0 Å². The number of piperidine rings is 1. The van der Waals surface area contributed by atoms with Crippen molar-refractivity contribution in [1.29, 1.82) is 5.26 Å². The summed E-state index contributed by atoms with van der Waals surface area (Å²) in [5.74, 6) is 0.671. The summed E-state index contributed by atoms with van der Waals surface area (Å²) in [4.78, 5) is 2.34. The second-order valence-corrected chi connectivity index (χ2v) is 4.27. The Labute approximate surface area is 80.5 Å². The molecule has 1 rings (SSSR count). The number of nitrogens with two attached hydrogens (primary N) is 1. The van der Waals surface area contributed by atoms with Crippen LogP contribution in [0.15, 0.2) is 0 Å². The Morgan fingerprint density at radius 3 is 2.85 bits per heavy atom. The van der Waals surface area contributed by atoms with Gasteiger partial charge in [-0.3, -0.25) is 4.90 Å². The van der Waals surface area contributed by atoms with Crippen LogP contribution in [-0.2, 0) is 0 Å². The van der Waals surface area contributed by atoms with Crippen LogP contribution in [0, 0.1) is 17.2 Å². The van der Waals surface area contributed by atoms with E-state index < -0.39 is 0 Å². The van der Waals surface area contributed by atoms with Crippen molar-refractivity contribution < 1.29 is 0 Å². The van der Waals surface area contributed by atoms with Crippen LogP contribution < -0.4 is 5.73 Å². The highest BCUT2D eigenvalue weighted by atomic mass is 15.2. The summed E-state index contributed by atoms with van der Waals surface area (Å²) < 4.78 is 0. The van der Waals surface area contributed by atoms with E-state index in [1.807, 2.05) is 0 Å². The molecule has 13 heavy (non-hydrogen) atoms. The van der Waals surface area contributed by atoms with Gasteiger partial charge in [0.15, 0.2) is 0 Å². The maximum Gasteiger partial charge on any atom is 0.0638 e. The Morgan fingerprint density at radius 2 is 2.31 bits per heavy atom. The predicted octanol–water partition coefficient (Wildman–Crippen LogP) is 0.958. The number of nitrogens with zero attached hydrogens (tertiary/aromatic N) is 2. The molecule has 1 aliphatic heterocycles. The van der Waals surface area contributed by atoms with E-state index in [9.17, 15) is 0 Å². The zero-order valence-corrected chi connectivity index (χ0v) is 8.53. The molecule has 2 N–H and O–H groups in total. The van der Waals surface area contributed by atoms with Crippen LogP contribution in [0.25, 0.3) is 0 Å². The highest BCUT2D eigenvalue weighted by molar-refractivity contribution is 4.86. The third-order valence-corrected chi connectivity index (χ3v) is 2.73. The van der Waals surface area contributed by atoms with Crippen LogP contribution in [0.1, 0.15) is 26.7 Å². The molecule has 0 spiro atoms. The molecule has 3 unspecified atom stereocenters. The van der Waals surface area contributed by atoms with Crippen molar-refractivity contribution >= 4 is 0 Å². The van der Waals surface area contributed by atoms with Crippen molar-refractivity contribution in [2.75, 3.05) is 13.1 Å². The van der Waals surface area contributed by atoms with Crippen molar-refractivity contribution in [3.05, 3.63) is 0 Å². The molecule has 0 aromatic carbocycles. The van der Waals surface area contributed by atoms with Gasteiger partial charge in [0.1, 0.15) is 0 Å². The molecule has 1 heterocycles. The minimum absolute atomic E-state index is 0.296. The third-order valence-electron chi connectivity index (χ3n) is 2.73. The molecule has 1 saturated heterocycles. The summed E-state index contributed by atoms with van der Waals surface area (Å²) in [6.07, 6.45) is 1.73. The SMILES string of the molecule is CC1CC(N)CN(C(C)CC#N)C1. The highest BCUT2D eigenvalue weighted by Gasteiger charge is 2.25. The summed E-state index contributed by atoms with van der Waals surface area (Å²) >= 11 is 0. The van der Waals surface area contributed by atoms with Gasteiger partial charge in [-0.2, -0.15) is 5.26 Å². The number of nitriles is 1. The fourth-order valence-electron chi connectivity index (χ4n) is 2.06. The van der Waals surface area contributed by atoms with E-state index in [1.54, 1.807) is 0 Å². The zero-order valence-electron chi connectivity index (χ0n) is 8.53. The van der Waals surface area contributed by atoms with Gasteiger partial charge in [-0.05, 0) is 19.3 Å². The molecular formula is C10H19N3. The summed E-state index contributed by atoms with van der Waals surface area (Å²) in [5, 5.41) is 8.59. The Kier molecular flexibility index (Phi) is 3.71. The van der Waals surface area contributed by atoms with E-state index in [2.05, 4.69) is 24.8 Å². The Hall–Kier alpha value is -0.590. The van der Waals surface area contributed by atoms with Gasteiger partial charge in [0.25, 0.3) is 0 Å². The molecule has 0 saturated carbocycles. The van der Waals surface area contributed by atoms with Crippen LogP contribution in [0.4, 0.5) is 0 Å². The maximum atomic E-state index is 8.59. The molecule has 1 fully saturated rings. The lowest BCUT2D eigenvalue weighted by molar-refractivity contribution is 0.125. The summed E-state index contributed by atoms with van der Waals surface area (Å²) in [6, 6.07) is 2.87. The molecule has 3 nitrogen and oxygen atoms in total.